The number of furan rings is 1. The van der Waals surface area contributed by atoms with Gasteiger partial charge in [0.2, 0.25) is 0 Å². The van der Waals surface area contributed by atoms with Crippen molar-refractivity contribution in [3.8, 4) is 11.5 Å². The first-order valence-corrected chi connectivity index (χ1v) is 10.5. The number of para-hydroxylation sites is 1. The predicted molar refractivity (Wildman–Crippen MR) is 117 cm³/mol. The van der Waals surface area contributed by atoms with Crippen LogP contribution < -0.4 is 14.9 Å². The number of fused-ring (bicyclic) bond motifs is 1. The zero-order valence-corrected chi connectivity index (χ0v) is 17.8. The summed E-state index contributed by atoms with van der Waals surface area (Å²) in [6, 6.07) is 16.5. The van der Waals surface area contributed by atoms with Crippen LogP contribution >= 0.6 is 23.1 Å². The molecule has 0 aliphatic rings. The molecule has 30 heavy (non-hydrogen) atoms. The molecule has 1 amide bonds. The number of hydrazone groups is 1. The number of nitrogens with one attached hydrogen (secondary N) is 1. The molecule has 0 saturated heterocycles. The van der Waals surface area contributed by atoms with Gasteiger partial charge in [0.05, 0.1) is 30.7 Å². The van der Waals surface area contributed by atoms with Crippen molar-refractivity contribution in [2.24, 2.45) is 5.10 Å². The van der Waals surface area contributed by atoms with E-state index in [0.29, 0.717) is 27.9 Å². The van der Waals surface area contributed by atoms with E-state index < -0.39 is 0 Å². The standard InChI is InChI=1S/C21H17N3O4S2/c1-26-15-9-13(10-16(11-15)27-2)20(25)24-22-12-14-7-8-19(28-14)30-21-23-17-5-3-4-6-18(17)29-21/h3-12H,1-2H3,(H,24,25). The fourth-order valence-corrected chi connectivity index (χ4v) is 4.57. The molecule has 0 saturated carbocycles. The van der Waals surface area contributed by atoms with E-state index in [4.69, 9.17) is 13.9 Å². The molecule has 0 fully saturated rings. The summed E-state index contributed by atoms with van der Waals surface area (Å²) in [4.78, 5) is 16.9. The number of rotatable bonds is 7. The highest BCUT2D eigenvalue weighted by Crippen LogP contribution is 2.34. The van der Waals surface area contributed by atoms with Crippen LogP contribution in [0.1, 0.15) is 16.1 Å². The Kier molecular flexibility index (Phi) is 6.01. The van der Waals surface area contributed by atoms with Gasteiger partial charge in [-0.3, -0.25) is 4.79 Å². The quantitative estimate of drug-likeness (QED) is 0.328. The Balaban J connectivity index is 1.39. The second-order valence-electron chi connectivity index (χ2n) is 6.01. The van der Waals surface area contributed by atoms with E-state index in [1.807, 2.05) is 30.3 Å². The molecule has 9 heteroatoms. The number of carbonyl (C=O) groups excluding carboxylic acids is 1. The first kappa shape index (κ1) is 20.0. The molecular weight excluding hydrogens is 422 g/mol. The van der Waals surface area contributed by atoms with Crippen molar-refractivity contribution in [3.05, 3.63) is 65.9 Å². The number of benzene rings is 2. The van der Waals surface area contributed by atoms with Crippen molar-refractivity contribution in [2.75, 3.05) is 14.2 Å². The highest BCUT2D eigenvalue weighted by Gasteiger charge is 2.10. The molecule has 2 heterocycles. The van der Waals surface area contributed by atoms with Crippen LogP contribution in [0.15, 0.2) is 73.5 Å². The molecule has 0 aliphatic carbocycles. The highest BCUT2D eigenvalue weighted by atomic mass is 32.2. The molecule has 0 unspecified atom stereocenters. The first-order valence-electron chi connectivity index (χ1n) is 8.84. The minimum absolute atomic E-state index is 0.370. The van der Waals surface area contributed by atoms with Gasteiger partial charge in [-0.05, 0) is 48.2 Å². The van der Waals surface area contributed by atoms with E-state index in [0.717, 1.165) is 14.6 Å². The van der Waals surface area contributed by atoms with Crippen LogP contribution in [-0.2, 0) is 0 Å². The van der Waals surface area contributed by atoms with Crippen molar-refractivity contribution in [3.63, 3.8) is 0 Å². The minimum Gasteiger partial charge on any atom is -0.497 e. The van der Waals surface area contributed by atoms with Crippen molar-refractivity contribution in [2.45, 2.75) is 9.43 Å². The number of aromatic nitrogens is 1. The molecule has 2 aromatic heterocycles. The van der Waals surface area contributed by atoms with Crippen molar-refractivity contribution < 1.29 is 18.7 Å². The third-order valence-electron chi connectivity index (χ3n) is 4.04. The molecule has 4 rings (SSSR count). The van der Waals surface area contributed by atoms with E-state index in [2.05, 4.69) is 15.5 Å². The number of amides is 1. The molecule has 0 bridgehead atoms. The lowest BCUT2D eigenvalue weighted by molar-refractivity contribution is 0.0954. The summed E-state index contributed by atoms with van der Waals surface area (Å²) in [7, 11) is 3.05. The van der Waals surface area contributed by atoms with Crippen LogP contribution in [0.25, 0.3) is 10.2 Å². The van der Waals surface area contributed by atoms with Gasteiger partial charge >= 0.3 is 0 Å². The molecular formula is C21H17N3O4S2. The summed E-state index contributed by atoms with van der Waals surface area (Å²) in [5.74, 6) is 1.17. The molecule has 2 aromatic carbocycles. The fourth-order valence-electron chi connectivity index (χ4n) is 2.60. The molecule has 4 aromatic rings. The molecule has 7 nitrogen and oxygen atoms in total. The average Bonchev–Trinajstić information content (AvgIpc) is 3.39. The van der Waals surface area contributed by atoms with Gasteiger partial charge in [-0.15, -0.1) is 11.3 Å². The topological polar surface area (TPSA) is 86.0 Å². The zero-order valence-electron chi connectivity index (χ0n) is 16.1. The van der Waals surface area contributed by atoms with Gasteiger partial charge < -0.3 is 13.9 Å². The maximum atomic E-state index is 12.3. The van der Waals surface area contributed by atoms with Crippen molar-refractivity contribution >= 4 is 45.4 Å². The maximum Gasteiger partial charge on any atom is 0.271 e. The Bertz CT molecular complexity index is 1160. The number of methoxy groups -OCH3 is 2. The van der Waals surface area contributed by atoms with Gasteiger partial charge in [0.15, 0.2) is 9.43 Å². The van der Waals surface area contributed by atoms with Gasteiger partial charge in [-0.1, -0.05) is 12.1 Å². The van der Waals surface area contributed by atoms with E-state index in [1.165, 1.54) is 32.2 Å². The Morgan fingerprint density at radius 2 is 1.90 bits per heavy atom. The van der Waals surface area contributed by atoms with Crippen LogP contribution in [0.3, 0.4) is 0 Å². The number of nitrogens with zero attached hydrogens (tertiary/aromatic N) is 2. The highest BCUT2D eigenvalue weighted by molar-refractivity contribution is 8.01. The minimum atomic E-state index is -0.390. The number of carbonyl (C=O) groups is 1. The third kappa shape index (κ3) is 4.64. The van der Waals surface area contributed by atoms with Crippen molar-refractivity contribution in [1.29, 1.82) is 0 Å². The summed E-state index contributed by atoms with van der Waals surface area (Å²) < 4.78 is 18.1. The number of thiazole rings is 1. The Hall–Kier alpha value is -3.30. The summed E-state index contributed by atoms with van der Waals surface area (Å²) in [5.41, 5.74) is 3.81. The van der Waals surface area contributed by atoms with Gasteiger partial charge in [-0.2, -0.15) is 5.10 Å². The lowest BCUT2D eigenvalue weighted by Crippen LogP contribution is -2.17. The van der Waals surface area contributed by atoms with Crippen LogP contribution in [0.2, 0.25) is 0 Å². The average molecular weight is 440 g/mol. The summed E-state index contributed by atoms with van der Waals surface area (Å²) in [5, 5.41) is 4.66. The molecule has 0 radical (unpaired) electrons. The van der Waals surface area contributed by atoms with Crippen LogP contribution in [0, 0.1) is 0 Å². The monoisotopic (exact) mass is 439 g/mol. The van der Waals surface area contributed by atoms with Gasteiger partial charge in [0.25, 0.3) is 5.91 Å². The van der Waals surface area contributed by atoms with Crippen LogP contribution in [0.4, 0.5) is 0 Å². The Morgan fingerprint density at radius 3 is 2.63 bits per heavy atom. The molecule has 1 N–H and O–H groups in total. The second kappa shape index (κ2) is 9.02. The van der Waals surface area contributed by atoms with Crippen molar-refractivity contribution in [1.82, 2.24) is 10.4 Å². The summed E-state index contributed by atoms with van der Waals surface area (Å²) in [6.07, 6.45) is 1.44. The Morgan fingerprint density at radius 1 is 1.13 bits per heavy atom. The maximum absolute atomic E-state index is 12.3. The lowest BCUT2D eigenvalue weighted by atomic mass is 10.2. The largest absolute Gasteiger partial charge is 0.497 e. The van der Waals surface area contributed by atoms with Crippen LogP contribution in [-0.4, -0.2) is 31.3 Å². The smallest absolute Gasteiger partial charge is 0.271 e. The zero-order chi connectivity index (χ0) is 20.9. The summed E-state index contributed by atoms with van der Waals surface area (Å²) >= 11 is 3.05. The van der Waals surface area contributed by atoms with E-state index in [9.17, 15) is 4.79 Å². The molecule has 0 atom stereocenters. The summed E-state index contributed by atoms with van der Waals surface area (Å²) in [6.45, 7) is 0. The van der Waals surface area contributed by atoms with Gasteiger partial charge in [-0.25, -0.2) is 10.4 Å². The third-order valence-corrected chi connectivity index (χ3v) is 6.05. The van der Waals surface area contributed by atoms with Gasteiger partial charge in [0, 0.05) is 11.6 Å². The fraction of sp³-hybridized carbons (Fsp3) is 0.0952. The number of ether oxygens (including phenoxy) is 2. The predicted octanol–water partition coefficient (Wildman–Crippen LogP) is 4.82. The molecule has 0 spiro atoms. The second-order valence-corrected chi connectivity index (χ2v) is 8.29. The lowest BCUT2D eigenvalue weighted by Gasteiger charge is -2.07. The first-order chi connectivity index (χ1) is 14.6. The SMILES string of the molecule is COc1cc(OC)cc(C(=O)NN=Cc2ccc(Sc3nc4ccccc4s3)o2)c1. The van der Waals surface area contributed by atoms with E-state index in [1.54, 1.807) is 35.6 Å². The normalized spacial score (nSPS) is 11.1. The Labute approximate surface area is 180 Å². The van der Waals surface area contributed by atoms with E-state index >= 15 is 0 Å². The molecule has 0 aliphatic heterocycles. The number of hydrogen-bond donors (Lipinski definition) is 1. The van der Waals surface area contributed by atoms with Gasteiger partial charge in [0.1, 0.15) is 17.3 Å². The number of hydrogen-bond acceptors (Lipinski definition) is 8. The van der Waals surface area contributed by atoms with E-state index in [-0.39, 0.29) is 5.91 Å². The molecule has 152 valence electrons. The van der Waals surface area contributed by atoms with Crippen LogP contribution in [0.5, 0.6) is 11.5 Å².